The molecule has 174 valence electrons. The van der Waals surface area contributed by atoms with Crippen molar-refractivity contribution in [2.45, 2.75) is 23.9 Å². The van der Waals surface area contributed by atoms with Gasteiger partial charge in [-0.25, -0.2) is 4.98 Å². The van der Waals surface area contributed by atoms with Crippen LogP contribution in [-0.2, 0) is 11.3 Å². The van der Waals surface area contributed by atoms with E-state index in [9.17, 15) is 4.79 Å². The highest BCUT2D eigenvalue weighted by molar-refractivity contribution is 8.00. The Kier molecular flexibility index (Phi) is 6.97. The van der Waals surface area contributed by atoms with Crippen molar-refractivity contribution in [3.05, 3.63) is 96.1 Å². The Morgan fingerprint density at radius 3 is 2.43 bits per heavy atom. The second-order valence-corrected chi connectivity index (χ2v) is 9.93. The van der Waals surface area contributed by atoms with Crippen LogP contribution in [0.4, 0.5) is 5.13 Å². The summed E-state index contributed by atoms with van der Waals surface area (Å²) >= 11 is 2.79. The fraction of sp³-hybridized carbons (Fsp3) is 0.115. The molecule has 5 rings (SSSR count). The van der Waals surface area contributed by atoms with Crippen LogP contribution in [0.5, 0.6) is 0 Å². The van der Waals surface area contributed by atoms with Gasteiger partial charge in [0.05, 0.1) is 17.5 Å². The number of rotatable bonds is 8. The van der Waals surface area contributed by atoms with E-state index in [1.54, 1.807) is 12.4 Å². The Balaban J connectivity index is 1.34. The fourth-order valence-electron chi connectivity index (χ4n) is 3.49. The van der Waals surface area contributed by atoms with Gasteiger partial charge in [-0.05, 0) is 24.6 Å². The van der Waals surface area contributed by atoms with Crippen LogP contribution in [0, 0.1) is 0 Å². The number of carbonyl (C=O) groups is 1. The largest absolute Gasteiger partial charge is 0.301 e. The molecule has 3 aromatic heterocycles. The molecule has 1 N–H and O–H groups in total. The number of anilines is 1. The molecule has 1 atom stereocenters. The minimum Gasteiger partial charge on any atom is -0.301 e. The zero-order chi connectivity index (χ0) is 24.0. The van der Waals surface area contributed by atoms with Gasteiger partial charge in [-0.3, -0.25) is 14.3 Å². The second kappa shape index (κ2) is 10.6. The van der Waals surface area contributed by atoms with Crippen LogP contribution in [0.1, 0.15) is 12.5 Å². The maximum Gasteiger partial charge on any atom is 0.239 e. The molecule has 35 heavy (non-hydrogen) atoms. The van der Waals surface area contributed by atoms with Gasteiger partial charge < -0.3 is 5.32 Å². The lowest BCUT2D eigenvalue weighted by Gasteiger charge is -2.13. The summed E-state index contributed by atoms with van der Waals surface area (Å²) in [5.74, 6) is 0.600. The molecule has 0 radical (unpaired) electrons. The van der Waals surface area contributed by atoms with E-state index in [1.807, 2.05) is 77.5 Å². The van der Waals surface area contributed by atoms with Crippen LogP contribution in [0.25, 0.3) is 22.6 Å². The number of nitrogens with zero attached hydrogens (tertiary/aromatic N) is 5. The third-order valence-corrected chi connectivity index (χ3v) is 7.13. The Labute approximate surface area is 211 Å². The smallest absolute Gasteiger partial charge is 0.239 e. The molecule has 0 saturated carbocycles. The minimum absolute atomic E-state index is 0.135. The van der Waals surface area contributed by atoms with Gasteiger partial charge in [0, 0.05) is 28.9 Å². The average Bonchev–Trinajstić information content (AvgIpc) is 3.53. The number of carbonyl (C=O) groups excluding carboxylic acids is 1. The highest BCUT2D eigenvalue weighted by Gasteiger charge is 2.22. The normalized spacial score (nSPS) is 11.8. The number of aromatic nitrogens is 5. The van der Waals surface area contributed by atoms with Crippen molar-refractivity contribution in [2.24, 2.45) is 0 Å². The first-order chi connectivity index (χ1) is 17.2. The van der Waals surface area contributed by atoms with Gasteiger partial charge in [0.15, 0.2) is 16.1 Å². The first kappa shape index (κ1) is 22.9. The van der Waals surface area contributed by atoms with E-state index in [4.69, 9.17) is 0 Å². The van der Waals surface area contributed by atoms with E-state index < -0.39 is 5.25 Å². The number of thioether (sulfide) groups is 1. The van der Waals surface area contributed by atoms with Crippen molar-refractivity contribution in [2.75, 3.05) is 5.32 Å². The lowest BCUT2D eigenvalue weighted by atomic mass is 10.2. The fourth-order valence-corrected chi connectivity index (χ4v) is 5.06. The Hall–Kier alpha value is -3.82. The molecule has 0 aliphatic carbocycles. The summed E-state index contributed by atoms with van der Waals surface area (Å²) in [5.41, 5.74) is 3.90. The van der Waals surface area contributed by atoms with E-state index in [-0.39, 0.29) is 5.91 Å². The number of amides is 1. The van der Waals surface area contributed by atoms with Gasteiger partial charge in [0.1, 0.15) is 0 Å². The molecule has 0 fully saturated rings. The first-order valence-electron chi connectivity index (χ1n) is 11.0. The zero-order valence-electron chi connectivity index (χ0n) is 18.9. The highest BCUT2D eigenvalue weighted by Crippen LogP contribution is 2.29. The number of nitrogens with one attached hydrogen (secondary N) is 1. The van der Waals surface area contributed by atoms with Gasteiger partial charge in [-0.15, -0.1) is 21.5 Å². The molecule has 7 nitrogen and oxygen atoms in total. The van der Waals surface area contributed by atoms with Crippen LogP contribution in [-0.4, -0.2) is 35.9 Å². The van der Waals surface area contributed by atoms with Crippen LogP contribution in [0.3, 0.4) is 0 Å². The van der Waals surface area contributed by atoms with Gasteiger partial charge in [0.25, 0.3) is 0 Å². The van der Waals surface area contributed by atoms with Crippen molar-refractivity contribution in [1.29, 1.82) is 0 Å². The van der Waals surface area contributed by atoms with Crippen LogP contribution in [0.2, 0.25) is 0 Å². The molecule has 0 saturated heterocycles. The molecular weight excluding hydrogens is 476 g/mol. The summed E-state index contributed by atoms with van der Waals surface area (Å²) in [6.45, 7) is 2.45. The SMILES string of the molecule is CC(Sc1nnc(-c2ccncc2)n1Cc1ccccc1)C(=O)Nc1nc(-c2ccccc2)cs1. The highest BCUT2D eigenvalue weighted by atomic mass is 32.2. The standard InChI is InChI=1S/C26H22N6OS2/c1-18(24(33)29-25-28-22(17-34-25)20-10-6-3-7-11-20)35-26-31-30-23(21-12-14-27-15-13-21)32(26)16-19-8-4-2-5-9-19/h2-15,17-18H,16H2,1H3,(H,28,29,33). The van der Waals surface area contributed by atoms with Gasteiger partial charge in [-0.1, -0.05) is 72.4 Å². The predicted octanol–water partition coefficient (Wildman–Crippen LogP) is 5.63. The number of thiazole rings is 1. The third-order valence-electron chi connectivity index (χ3n) is 5.29. The number of hydrogen-bond donors (Lipinski definition) is 1. The number of benzene rings is 2. The quantitative estimate of drug-likeness (QED) is 0.279. The van der Waals surface area contributed by atoms with Crippen LogP contribution < -0.4 is 5.32 Å². The molecular formula is C26H22N6OS2. The minimum atomic E-state index is -0.400. The van der Waals surface area contributed by atoms with Gasteiger partial charge >= 0.3 is 0 Å². The van der Waals surface area contributed by atoms with Crippen molar-refractivity contribution in [1.82, 2.24) is 24.7 Å². The summed E-state index contributed by atoms with van der Waals surface area (Å²) in [7, 11) is 0. The van der Waals surface area contributed by atoms with Crippen molar-refractivity contribution in [3.8, 4) is 22.6 Å². The van der Waals surface area contributed by atoms with E-state index in [0.717, 1.165) is 28.2 Å². The van der Waals surface area contributed by atoms with E-state index in [0.29, 0.717) is 16.8 Å². The zero-order valence-corrected chi connectivity index (χ0v) is 20.5. The van der Waals surface area contributed by atoms with Crippen molar-refractivity contribution in [3.63, 3.8) is 0 Å². The van der Waals surface area contributed by atoms with Gasteiger partial charge in [-0.2, -0.15) is 0 Å². The third kappa shape index (κ3) is 5.47. The predicted molar refractivity (Wildman–Crippen MR) is 140 cm³/mol. The van der Waals surface area contributed by atoms with E-state index in [1.165, 1.54) is 23.1 Å². The summed E-state index contributed by atoms with van der Waals surface area (Å²) in [6.07, 6.45) is 3.47. The molecule has 3 heterocycles. The molecule has 2 aromatic carbocycles. The molecule has 1 unspecified atom stereocenters. The number of hydrogen-bond acceptors (Lipinski definition) is 7. The lowest BCUT2D eigenvalue weighted by molar-refractivity contribution is -0.115. The molecule has 0 bridgehead atoms. The molecule has 0 spiro atoms. The van der Waals surface area contributed by atoms with E-state index >= 15 is 0 Å². The summed E-state index contributed by atoms with van der Waals surface area (Å²) < 4.78 is 2.04. The Bertz CT molecular complexity index is 1400. The Morgan fingerprint density at radius 2 is 1.69 bits per heavy atom. The second-order valence-electron chi connectivity index (χ2n) is 7.77. The topological polar surface area (TPSA) is 85.6 Å². The maximum atomic E-state index is 13.0. The van der Waals surface area contributed by atoms with Gasteiger partial charge in [0.2, 0.25) is 5.91 Å². The van der Waals surface area contributed by atoms with Crippen LogP contribution >= 0.6 is 23.1 Å². The summed E-state index contributed by atoms with van der Waals surface area (Å²) in [4.78, 5) is 21.6. The number of pyridine rings is 1. The van der Waals surface area contributed by atoms with E-state index in [2.05, 4.69) is 37.6 Å². The molecule has 9 heteroatoms. The van der Waals surface area contributed by atoms with Crippen LogP contribution in [0.15, 0.2) is 95.7 Å². The molecule has 0 aliphatic rings. The average molecular weight is 499 g/mol. The maximum absolute atomic E-state index is 13.0. The Morgan fingerprint density at radius 1 is 0.971 bits per heavy atom. The first-order valence-corrected chi connectivity index (χ1v) is 12.8. The van der Waals surface area contributed by atoms with Crippen molar-refractivity contribution >= 4 is 34.1 Å². The molecule has 0 aliphatic heterocycles. The lowest BCUT2D eigenvalue weighted by Crippen LogP contribution is -2.23. The monoisotopic (exact) mass is 498 g/mol. The molecule has 1 amide bonds. The summed E-state index contributed by atoms with van der Waals surface area (Å²) in [5, 5.41) is 14.6. The van der Waals surface area contributed by atoms with Crippen molar-refractivity contribution < 1.29 is 4.79 Å². The molecule has 5 aromatic rings. The summed E-state index contributed by atoms with van der Waals surface area (Å²) in [6, 6.07) is 23.8.